The predicted octanol–water partition coefficient (Wildman–Crippen LogP) is 2.51. The van der Waals surface area contributed by atoms with Gasteiger partial charge < -0.3 is 10.1 Å². The van der Waals surface area contributed by atoms with E-state index in [-0.39, 0.29) is 5.69 Å². The minimum Gasteiger partial charge on any atom is -0.477 e. The van der Waals surface area contributed by atoms with Crippen molar-refractivity contribution in [2.75, 3.05) is 0 Å². The SMILES string of the molecule is C=Cc1c(C(=O)O)[nH]c2ccccc12. The smallest absolute Gasteiger partial charge is 0.352 e. The van der Waals surface area contributed by atoms with Crippen molar-refractivity contribution in [2.24, 2.45) is 0 Å². The lowest BCUT2D eigenvalue weighted by atomic mass is 10.1. The van der Waals surface area contributed by atoms with Crippen molar-refractivity contribution in [3.63, 3.8) is 0 Å². The molecule has 1 heterocycles. The van der Waals surface area contributed by atoms with Crippen LogP contribution < -0.4 is 0 Å². The zero-order valence-electron chi connectivity index (χ0n) is 7.45. The van der Waals surface area contributed by atoms with Gasteiger partial charge in [-0.1, -0.05) is 30.9 Å². The van der Waals surface area contributed by atoms with Crippen molar-refractivity contribution in [1.29, 1.82) is 0 Å². The largest absolute Gasteiger partial charge is 0.477 e. The van der Waals surface area contributed by atoms with E-state index in [0.29, 0.717) is 5.56 Å². The highest BCUT2D eigenvalue weighted by Gasteiger charge is 2.13. The van der Waals surface area contributed by atoms with Crippen LogP contribution in [0, 0.1) is 0 Å². The van der Waals surface area contributed by atoms with Crippen LogP contribution >= 0.6 is 0 Å². The van der Waals surface area contributed by atoms with E-state index in [1.54, 1.807) is 6.08 Å². The van der Waals surface area contributed by atoms with Crippen molar-refractivity contribution in [3.8, 4) is 0 Å². The maximum Gasteiger partial charge on any atom is 0.352 e. The van der Waals surface area contributed by atoms with Crippen LogP contribution in [0.1, 0.15) is 16.1 Å². The van der Waals surface area contributed by atoms with Gasteiger partial charge in [0.15, 0.2) is 0 Å². The van der Waals surface area contributed by atoms with Crippen molar-refractivity contribution in [3.05, 3.63) is 42.1 Å². The van der Waals surface area contributed by atoms with Gasteiger partial charge in [0.05, 0.1) is 0 Å². The van der Waals surface area contributed by atoms with Gasteiger partial charge in [0.1, 0.15) is 5.69 Å². The molecular formula is C11H9NO2. The number of aromatic amines is 1. The number of carboxylic acid groups (broad SMARTS) is 1. The first-order valence-electron chi connectivity index (χ1n) is 4.20. The standard InChI is InChI=1S/C11H9NO2/c1-2-7-8-5-3-4-6-9(8)12-10(7)11(13)14/h2-6,12H,1H2,(H,13,14). The summed E-state index contributed by atoms with van der Waals surface area (Å²) < 4.78 is 0. The number of fused-ring (bicyclic) bond motifs is 1. The molecule has 0 aliphatic rings. The number of carbonyl (C=O) groups is 1. The normalized spacial score (nSPS) is 10.3. The molecule has 0 saturated carbocycles. The third-order valence-electron chi connectivity index (χ3n) is 2.16. The molecule has 0 radical (unpaired) electrons. The number of rotatable bonds is 2. The summed E-state index contributed by atoms with van der Waals surface area (Å²) in [5, 5.41) is 9.81. The first-order valence-corrected chi connectivity index (χ1v) is 4.20. The number of nitrogens with one attached hydrogen (secondary N) is 1. The van der Waals surface area contributed by atoms with Crippen LogP contribution in [0.5, 0.6) is 0 Å². The maximum atomic E-state index is 10.9. The van der Waals surface area contributed by atoms with E-state index in [0.717, 1.165) is 10.9 Å². The van der Waals surface area contributed by atoms with Gasteiger partial charge >= 0.3 is 5.97 Å². The van der Waals surface area contributed by atoms with Crippen molar-refractivity contribution >= 4 is 22.9 Å². The third kappa shape index (κ3) is 1.10. The Bertz CT molecular complexity index is 511. The molecule has 14 heavy (non-hydrogen) atoms. The monoisotopic (exact) mass is 187 g/mol. The molecule has 0 atom stereocenters. The zero-order chi connectivity index (χ0) is 10.1. The first kappa shape index (κ1) is 8.56. The minimum absolute atomic E-state index is 0.196. The molecule has 0 saturated heterocycles. The summed E-state index contributed by atoms with van der Waals surface area (Å²) in [5.74, 6) is -0.962. The molecule has 0 spiro atoms. The second-order valence-corrected chi connectivity index (χ2v) is 2.97. The van der Waals surface area contributed by atoms with E-state index in [2.05, 4.69) is 11.6 Å². The molecule has 0 amide bonds. The summed E-state index contributed by atoms with van der Waals surface area (Å²) >= 11 is 0. The van der Waals surface area contributed by atoms with Crippen LogP contribution in [-0.2, 0) is 0 Å². The second-order valence-electron chi connectivity index (χ2n) is 2.97. The molecule has 0 aliphatic carbocycles. The van der Waals surface area contributed by atoms with E-state index in [1.165, 1.54) is 0 Å². The van der Waals surface area contributed by atoms with Gasteiger partial charge in [-0.05, 0) is 6.07 Å². The Kier molecular flexibility index (Phi) is 1.85. The van der Waals surface area contributed by atoms with Crippen molar-refractivity contribution in [2.45, 2.75) is 0 Å². The summed E-state index contributed by atoms with van der Waals surface area (Å²) in [6, 6.07) is 7.44. The fourth-order valence-electron chi connectivity index (χ4n) is 1.54. The molecule has 2 rings (SSSR count). The number of carboxylic acids is 1. The zero-order valence-corrected chi connectivity index (χ0v) is 7.45. The van der Waals surface area contributed by atoms with Crippen molar-refractivity contribution < 1.29 is 9.90 Å². The number of H-pyrrole nitrogens is 1. The van der Waals surface area contributed by atoms with Gasteiger partial charge in [-0.15, -0.1) is 0 Å². The number of para-hydroxylation sites is 1. The summed E-state index contributed by atoms with van der Waals surface area (Å²) in [6.45, 7) is 3.61. The number of hydrogen-bond donors (Lipinski definition) is 2. The van der Waals surface area contributed by atoms with Crippen LogP contribution in [-0.4, -0.2) is 16.1 Å². The van der Waals surface area contributed by atoms with E-state index in [4.69, 9.17) is 5.11 Å². The number of aromatic carboxylic acids is 1. The number of hydrogen-bond acceptors (Lipinski definition) is 1. The second kappa shape index (κ2) is 3.03. The summed E-state index contributed by atoms with van der Waals surface area (Å²) in [7, 11) is 0. The van der Waals surface area contributed by atoms with Gasteiger partial charge in [0.25, 0.3) is 0 Å². The number of benzene rings is 1. The fraction of sp³-hybridized carbons (Fsp3) is 0. The molecule has 3 heteroatoms. The Hall–Kier alpha value is -2.03. The fourth-order valence-corrected chi connectivity index (χ4v) is 1.54. The summed E-state index contributed by atoms with van der Waals surface area (Å²) in [5.41, 5.74) is 1.66. The molecule has 2 aromatic rings. The lowest BCUT2D eigenvalue weighted by molar-refractivity contribution is 0.0691. The topological polar surface area (TPSA) is 53.1 Å². The molecule has 0 aliphatic heterocycles. The lowest BCUT2D eigenvalue weighted by Gasteiger charge is -1.91. The molecule has 2 N–H and O–H groups in total. The first-order chi connectivity index (χ1) is 6.74. The quantitative estimate of drug-likeness (QED) is 0.758. The summed E-state index contributed by atoms with van der Waals surface area (Å²) in [6.07, 6.45) is 1.56. The Balaban J connectivity index is 2.85. The van der Waals surface area contributed by atoms with Crippen LogP contribution in [0.4, 0.5) is 0 Å². The van der Waals surface area contributed by atoms with Crippen LogP contribution in [0.2, 0.25) is 0 Å². The van der Waals surface area contributed by atoms with Crippen LogP contribution in [0.25, 0.3) is 17.0 Å². The summed E-state index contributed by atoms with van der Waals surface area (Å²) in [4.78, 5) is 13.7. The van der Waals surface area contributed by atoms with Gasteiger partial charge in [-0.25, -0.2) is 4.79 Å². The highest BCUT2D eigenvalue weighted by atomic mass is 16.4. The van der Waals surface area contributed by atoms with Crippen LogP contribution in [0.15, 0.2) is 30.8 Å². The van der Waals surface area contributed by atoms with E-state index >= 15 is 0 Å². The molecule has 0 bridgehead atoms. The molecule has 0 unspecified atom stereocenters. The maximum absolute atomic E-state index is 10.9. The lowest BCUT2D eigenvalue weighted by Crippen LogP contribution is -1.98. The molecule has 1 aromatic carbocycles. The molecular weight excluding hydrogens is 178 g/mol. The molecule has 1 aromatic heterocycles. The third-order valence-corrected chi connectivity index (χ3v) is 2.16. The highest BCUT2D eigenvalue weighted by Crippen LogP contribution is 2.22. The Morgan fingerprint density at radius 3 is 2.79 bits per heavy atom. The number of aromatic nitrogens is 1. The van der Waals surface area contributed by atoms with Gasteiger partial charge in [0, 0.05) is 16.5 Å². The average Bonchev–Trinajstić information content (AvgIpc) is 2.56. The van der Waals surface area contributed by atoms with Gasteiger partial charge in [-0.2, -0.15) is 0 Å². The average molecular weight is 187 g/mol. The Labute approximate surface area is 80.7 Å². The van der Waals surface area contributed by atoms with Crippen molar-refractivity contribution in [1.82, 2.24) is 4.98 Å². The van der Waals surface area contributed by atoms with E-state index in [9.17, 15) is 4.79 Å². The van der Waals surface area contributed by atoms with Crippen LogP contribution in [0.3, 0.4) is 0 Å². The Morgan fingerprint density at radius 1 is 1.43 bits per heavy atom. The minimum atomic E-state index is -0.962. The molecule has 70 valence electrons. The predicted molar refractivity (Wildman–Crippen MR) is 55.3 cm³/mol. The Morgan fingerprint density at radius 2 is 2.14 bits per heavy atom. The van der Waals surface area contributed by atoms with E-state index < -0.39 is 5.97 Å². The molecule has 3 nitrogen and oxygen atoms in total. The van der Waals surface area contributed by atoms with Gasteiger partial charge in [0.2, 0.25) is 0 Å². The van der Waals surface area contributed by atoms with E-state index in [1.807, 2.05) is 24.3 Å². The molecule has 0 fully saturated rings. The highest BCUT2D eigenvalue weighted by molar-refractivity contribution is 6.01. The van der Waals surface area contributed by atoms with Gasteiger partial charge in [-0.3, -0.25) is 0 Å².